The van der Waals surface area contributed by atoms with E-state index in [2.05, 4.69) is 6.92 Å². The normalized spacial score (nSPS) is 14.5. The maximum Gasteiger partial charge on any atom is 0.339 e. The van der Waals surface area contributed by atoms with E-state index in [-0.39, 0.29) is 16.7 Å². The van der Waals surface area contributed by atoms with Crippen molar-refractivity contribution in [2.24, 2.45) is 0 Å². The van der Waals surface area contributed by atoms with Crippen LogP contribution in [0.15, 0.2) is 47.4 Å². The molecule has 2 amide bonds. The van der Waals surface area contributed by atoms with Gasteiger partial charge in [0.25, 0.3) is 0 Å². The van der Waals surface area contributed by atoms with E-state index in [1.165, 1.54) is 30.3 Å². The molecule has 1 saturated heterocycles. The monoisotopic (exact) mass is 457 g/mol. The van der Waals surface area contributed by atoms with Gasteiger partial charge in [0.1, 0.15) is 10.6 Å². The molecule has 2 aromatic carbocycles. The minimum atomic E-state index is -4.05. The summed E-state index contributed by atoms with van der Waals surface area (Å²) in [4.78, 5) is 16.0. The summed E-state index contributed by atoms with van der Waals surface area (Å²) in [5.74, 6) is 0.0593. The van der Waals surface area contributed by atoms with E-state index in [0.717, 1.165) is 25.8 Å². The molecule has 0 atom stereocenters. The summed E-state index contributed by atoms with van der Waals surface area (Å²) in [6.07, 6.45) is 3.18. The first kappa shape index (κ1) is 21.7. The largest absolute Gasteiger partial charge is 0.379 e. The highest BCUT2D eigenvalue weighted by Gasteiger charge is 2.29. The Hall–Kier alpha value is -1.96. The molecule has 9 heteroatoms. The summed E-state index contributed by atoms with van der Waals surface area (Å²) in [6, 6.07) is 10.4. The van der Waals surface area contributed by atoms with Crippen molar-refractivity contribution in [2.45, 2.75) is 31.1 Å². The third-order valence-electron chi connectivity index (χ3n) is 4.61. The number of hydrogen-bond acceptors (Lipinski definition) is 4. The molecule has 1 aliphatic heterocycles. The molecule has 29 heavy (non-hydrogen) atoms. The van der Waals surface area contributed by atoms with Crippen LogP contribution >= 0.6 is 11.6 Å². The van der Waals surface area contributed by atoms with Crippen molar-refractivity contribution in [1.29, 1.82) is 0 Å². The second kappa shape index (κ2) is 9.24. The van der Waals surface area contributed by atoms with Gasteiger partial charge in [-0.05, 0) is 30.7 Å². The Morgan fingerprint density at radius 1 is 1.10 bits per heavy atom. The number of nitrogens with zero attached hydrogens (tertiary/aromatic N) is 2. The van der Waals surface area contributed by atoms with Gasteiger partial charge < -0.3 is 9.08 Å². The first-order valence-electron chi connectivity index (χ1n) is 9.39. The number of rotatable bonds is 8. The van der Waals surface area contributed by atoms with E-state index in [1.54, 1.807) is 17.0 Å². The highest BCUT2D eigenvalue weighted by atomic mass is 35.5. The van der Waals surface area contributed by atoms with E-state index < -0.39 is 10.1 Å². The number of amides is 2. The van der Waals surface area contributed by atoms with Crippen LogP contribution in [0.25, 0.3) is 0 Å². The number of carbonyl (C=O) groups excluding carboxylic acids is 1. The summed E-state index contributed by atoms with van der Waals surface area (Å²) in [5.41, 5.74) is 0.655. The quantitative estimate of drug-likeness (QED) is 0.439. The minimum Gasteiger partial charge on any atom is -0.379 e. The molecule has 1 aliphatic rings. The number of benzene rings is 2. The van der Waals surface area contributed by atoms with Gasteiger partial charge in [-0.3, -0.25) is 4.90 Å². The molecule has 0 radical (unpaired) electrons. The lowest BCUT2D eigenvalue weighted by Gasteiger charge is -2.19. The Balaban J connectivity index is 1.70. The molecule has 0 aliphatic carbocycles. The predicted octanol–water partition coefficient (Wildman–Crippen LogP) is 4.24. The zero-order chi connectivity index (χ0) is 21.0. The molecular weight excluding hydrogens is 435 g/mol. The Bertz CT molecular complexity index is 960. The van der Waals surface area contributed by atoms with Gasteiger partial charge in [-0.15, -0.1) is 0 Å². The van der Waals surface area contributed by atoms with Crippen LogP contribution in [0.5, 0.6) is 5.75 Å². The van der Waals surface area contributed by atoms with Crippen molar-refractivity contribution >= 4 is 33.4 Å². The summed E-state index contributed by atoms with van der Waals surface area (Å²) in [7, 11) is -4.05. The van der Waals surface area contributed by atoms with Gasteiger partial charge in [-0.1, -0.05) is 31.4 Å². The van der Waals surface area contributed by atoms with Gasteiger partial charge in [0.15, 0.2) is 11.6 Å². The van der Waals surface area contributed by atoms with Crippen molar-refractivity contribution < 1.29 is 29.0 Å². The Morgan fingerprint density at radius 2 is 1.83 bits per heavy atom. The Morgan fingerprint density at radius 3 is 2.48 bits per heavy atom. The van der Waals surface area contributed by atoms with Gasteiger partial charge in [-0.25, -0.2) is 4.79 Å². The molecule has 0 aromatic heterocycles. The van der Waals surface area contributed by atoms with Crippen LogP contribution in [-0.2, 0) is 10.1 Å². The number of carbonyl (C=O) groups is 1. The number of halogens is 2. The minimum absolute atomic E-state index is 0.0152. The highest BCUT2D eigenvalue weighted by molar-refractivity contribution is 7.87. The molecular formula is C20H23Cl2N2O4S+. The fourth-order valence-electron chi connectivity index (χ4n) is 3.14. The van der Waals surface area contributed by atoms with Crippen LogP contribution in [0.4, 0.5) is 10.5 Å². The van der Waals surface area contributed by atoms with Crippen LogP contribution in [0.1, 0.15) is 26.2 Å². The summed E-state index contributed by atoms with van der Waals surface area (Å²) in [5, 5.41) is 0.683. The zero-order valence-electron chi connectivity index (χ0n) is 16.0. The van der Waals surface area contributed by atoms with Gasteiger partial charge in [0, 0.05) is 43.5 Å². The van der Waals surface area contributed by atoms with Crippen LogP contribution in [0.3, 0.4) is 0 Å². The lowest BCUT2D eigenvalue weighted by atomic mass is 10.2. The van der Waals surface area contributed by atoms with E-state index in [4.69, 9.17) is 27.4 Å². The molecule has 0 saturated carbocycles. The van der Waals surface area contributed by atoms with Crippen LogP contribution in [-0.4, -0.2) is 39.0 Å². The fraction of sp³-hybridized carbons (Fsp3) is 0.350. The molecule has 0 spiro atoms. The number of hydrogen-bond donors (Lipinski definition) is 0. The molecule has 0 N–H and O–H groups in total. The molecule has 6 nitrogen and oxygen atoms in total. The van der Waals surface area contributed by atoms with E-state index >= 15 is 0 Å². The standard InChI is InChI=1S/C20H23Cl2N2O4S/c1-2-3-4-9-23-10-11-24(20(23)25)17-5-7-19(8-6-17)29(26,27)28-18-13-15(21)12-16(22)14-18/h5-8,12-14,21H,2-4,9-11H2,1H3/q+1. The second-order valence-corrected chi connectivity index (χ2v) is 9.24. The van der Waals surface area contributed by atoms with E-state index in [1.807, 2.05) is 4.90 Å². The molecule has 0 unspecified atom stereocenters. The topological polar surface area (TPSA) is 66.9 Å². The number of unbranched alkanes of at least 4 members (excludes halogenated alkanes) is 2. The summed E-state index contributed by atoms with van der Waals surface area (Å²) in [6.45, 7) is 4.12. The van der Waals surface area contributed by atoms with Crippen molar-refractivity contribution in [1.82, 2.24) is 4.90 Å². The van der Waals surface area contributed by atoms with E-state index in [9.17, 15) is 13.2 Å². The average Bonchev–Trinajstić information content (AvgIpc) is 3.01. The third-order valence-corrected chi connectivity index (χ3v) is 6.33. The summed E-state index contributed by atoms with van der Waals surface area (Å²) < 4.78 is 30.2. The maximum absolute atomic E-state index is 12.6. The van der Waals surface area contributed by atoms with Crippen molar-refractivity contribution in [2.75, 3.05) is 24.5 Å². The lowest BCUT2D eigenvalue weighted by molar-refractivity contribution is -0.288. The molecule has 3 rings (SSSR count). The molecule has 156 valence electrons. The molecule has 1 heterocycles. The predicted molar refractivity (Wildman–Crippen MR) is 110 cm³/mol. The van der Waals surface area contributed by atoms with Gasteiger partial charge in [-0.2, -0.15) is 8.42 Å². The molecule has 0 bridgehead atoms. The van der Waals surface area contributed by atoms with Crippen molar-refractivity contribution in [3.05, 3.63) is 52.5 Å². The average molecular weight is 458 g/mol. The first-order valence-corrected chi connectivity index (χ1v) is 11.6. The fourth-order valence-corrected chi connectivity index (χ4v) is 4.58. The van der Waals surface area contributed by atoms with Gasteiger partial charge in [0.05, 0.1) is 5.02 Å². The number of anilines is 1. The van der Waals surface area contributed by atoms with Crippen molar-refractivity contribution in [3.63, 3.8) is 0 Å². The van der Waals surface area contributed by atoms with Gasteiger partial charge in [0.2, 0.25) is 5.02 Å². The smallest absolute Gasteiger partial charge is 0.339 e. The maximum atomic E-state index is 12.6. The lowest BCUT2D eigenvalue weighted by Crippen LogP contribution is -2.32. The van der Waals surface area contributed by atoms with E-state index in [0.29, 0.717) is 28.8 Å². The Labute approximate surface area is 181 Å². The Kier molecular flexibility index (Phi) is 6.93. The first-order chi connectivity index (χ1) is 13.8. The zero-order valence-corrected chi connectivity index (χ0v) is 18.4. The van der Waals surface area contributed by atoms with Gasteiger partial charge >= 0.3 is 16.1 Å². The third kappa shape index (κ3) is 5.35. The summed E-state index contributed by atoms with van der Waals surface area (Å²) >= 11 is 10.9. The molecule has 2 aromatic rings. The van der Waals surface area contributed by atoms with Crippen molar-refractivity contribution in [3.8, 4) is 5.75 Å². The SMILES string of the molecule is CCCCCN1CCN(c2ccc(S(=O)(=O)Oc3cc(Cl)cc([ClH+])c3)cc2)C1=O. The number of urea groups is 1. The second-order valence-electron chi connectivity index (χ2n) is 6.78. The van der Waals surface area contributed by atoms with Crippen LogP contribution in [0, 0.1) is 11.6 Å². The van der Waals surface area contributed by atoms with Crippen LogP contribution in [0.2, 0.25) is 10.0 Å². The highest BCUT2D eigenvalue weighted by Crippen LogP contribution is 2.27. The molecule has 1 fully saturated rings. The van der Waals surface area contributed by atoms with Crippen LogP contribution < -0.4 is 9.08 Å².